The summed E-state index contributed by atoms with van der Waals surface area (Å²) in [6.07, 6.45) is 61.3. The molecule has 0 saturated heterocycles. The van der Waals surface area contributed by atoms with Gasteiger partial charge in [0.05, 0.1) is 26.4 Å². The summed E-state index contributed by atoms with van der Waals surface area (Å²) in [5.41, 5.74) is 0. The number of hydrogen-bond acceptors (Lipinski definition) is 15. The van der Waals surface area contributed by atoms with Crippen LogP contribution in [-0.4, -0.2) is 96.7 Å². The van der Waals surface area contributed by atoms with Crippen molar-refractivity contribution in [3.05, 3.63) is 0 Å². The minimum atomic E-state index is -4.96. The van der Waals surface area contributed by atoms with Crippen molar-refractivity contribution in [1.82, 2.24) is 0 Å². The molecule has 17 nitrogen and oxygen atoms in total. The molecule has 0 aliphatic heterocycles. The van der Waals surface area contributed by atoms with Crippen LogP contribution in [0.25, 0.3) is 0 Å². The van der Waals surface area contributed by atoms with Gasteiger partial charge in [0.25, 0.3) is 0 Å². The maximum absolute atomic E-state index is 13.1. The second-order valence-electron chi connectivity index (χ2n) is 29.8. The van der Waals surface area contributed by atoms with Crippen molar-refractivity contribution in [2.45, 2.75) is 439 Å². The number of phosphoric ester groups is 2. The first-order valence-electron chi connectivity index (χ1n) is 41.5. The van der Waals surface area contributed by atoms with Gasteiger partial charge in [-0.15, -0.1) is 0 Å². The Labute approximate surface area is 607 Å². The number of esters is 4. The van der Waals surface area contributed by atoms with Crippen LogP contribution in [0, 0.1) is 11.8 Å². The number of carbonyl (C=O) groups is 4. The summed E-state index contributed by atoms with van der Waals surface area (Å²) in [5, 5.41) is 10.6. The summed E-state index contributed by atoms with van der Waals surface area (Å²) < 4.78 is 68.6. The van der Waals surface area contributed by atoms with E-state index in [2.05, 4.69) is 41.5 Å². The largest absolute Gasteiger partial charge is 0.472 e. The molecular formula is C80H156O17P2. The predicted molar refractivity (Wildman–Crippen MR) is 405 cm³/mol. The van der Waals surface area contributed by atoms with E-state index in [0.29, 0.717) is 31.6 Å². The van der Waals surface area contributed by atoms with Gasteiger partial charge < -0.3 is 33.8 Å². The first kappa shape index (κ1) is 97.1. The minimum Gasteiger partial charge on any atom is -0.462 e. The lowest BCUT2D eigenvalue weighted by Crippen LogP contribution is -2.30. The normalized spacial score (nSPS) is 13.9. The SMILES string of the molecule is CCCCCCCCCCCCCCCCCCCCCCC(=O)O[C@H](COC(=O)CCCCCCCCCCCCCCCCCC)COP(=O)(O)OC[C@@H](O)COP(=O)(O)OC[C@@H](COC(=O)CCCCCCCCC(C)C)OC(=O)CCCCCCCCCCCCCC(C)C. The minimum absolute atomic E-state index is 0.106. The van der Waals surface area contributed by atoms with Crippen LogP contribution in [0.3, 0.4) is 0 Å². The number of carbonyl (C=O) groups excluding carboxylic acids is 4. The Kier molecular flexibility index (Phi) is 70.3. The molecule has 99 heavy (non-hydrogen) atoms. The van der Waals surface area contributed by atoms with Gasteiger partial charge in [-0.3, -0.25) is 37.3 Å². The molecule has 0 amide bonds. The number of aliphatic hydroxyl groups is 1. The lowest BCUT2D eigenvalue weighted by atomic mass is 10.0. The van der Waals surface area contributed by atoms with Crippen molar-refractivity contribution in [3.63, 3.8) is 0 Å². The molecule has 0 spiro atoms. The summed E-state index contributed by atoms with van der Waals surface area (Å²) in [6, 6.07) is 0. The maximum atomic E-state index is 13.1. The van der Waals surface area contributed by atoms with Gasteiger partial charge in [0.15, 0.2) is 12.2 Å². The molecule has 3 N–H and O–H groups in total. The van der Waals surface area contributed by atoms with Crippen LogP contribution in [0.5, 0.6) is 0 Å². The molecule has 0 radical (unpaired) electrons. The van der Waals surface area contributed by atoms with Crippen LogP contribution in [0.2, 0.25) is 0 Å². The third-order valence-electron chi connectivity index (χ3n) is 18.7. The molecule has 2 unspecified atom stereocenters. The van der Waals surface area contributed by atoms with Crippen molar-refractivity contribution >= 4 is 39.5 Å². The van der Waals surface area contributed by atoms with Crippen molar-refractivity contribution in [1.29, 1.82) is 0 Å². The Hall–Kier alpha value is -1.94. The van der Waals surface area contributed by atoms with E-state index >= 15 is 0 Å². The molecule has 0 rings (SSSR count). The average Bonchev–Trinajstić information content (AvgIpc) is 1.17. The van der Waals surface area contributed by atoms with Crippen LogP contribution >= 0.6 is 15.6 Å². The summed E-state index contributed by atoms with van der Waals surface area (Å²) in [7, 11) is -9.92. The number of unbranched alkanes of at least 4 members (excludes halogenated alkanes) is 49. The van der Waals surface area contributed by atoms with Crippen molar-refractivity contribution < 1.29 is 80.2 Å². The van der Waals surface area contributed by atoms with Crippen LogP contribution < -0.4 is 0 Å². The molecular weight excluding hydrogens is 1290 g/mol. The van der Waals surface area contributed by atoms with E-state index in [1.807, 2.05) is 0 Å². The van der Waals surface area contributed by atoms with Crippen LogP contribution in [0.1, 0.15) is 420 Å². The van der Waals surface area contributed by atoms with Gasteiger partial charge in [0.1, 0.15) is 19.3 Å². The van der Waals surface area contributed by atoms with Gasteiger partial charge >= 0.3 is 39.5 Å². The zero-order chi connectivity index (χ0) is 72.8. The third kappa shape index (κ3) is 74.1. The van der Waals surface area contributed by atoms with E-state index in [1.165, 1.54) is 231 Å². The summed E-state index contributed by atoms with van der Waals surface area (Å²) in [4.78, 5) is 72.9. The molecule has 0 aromatic heterocycles. The Morgan fingerprint density at radius 2 is 0.465 bits per heavy atom. The molecule has 5 atom stereocenters. The van der Waals surface area contributed by atoms with Crippen LogP contribution in [-0.2, 0) is 65.4 Å². The van der Waals surface area contributed by atoms with E-state index in [0.717, 1.165) is 102 Å². The van der Waals surface area contributed by atoms with Gasteiger partial charge in [-0.25, -0.2) is 9.13 Å². The van der Waals surface area contributed by atoms with Crippen molar-refractivity contribution in [2.24, 2.45) is 11.8 Å². The summed E-state index contributed by atoms with van der Waals surface area (Å²) >= 11 is 0. The first-order chi connectivity index (χ1) is 47.9. The topological polar surface area (TPSA) is 237 Å². The van der Waals surface area contributed by atoms with Gasteiger partial charge in [0, 0.05) is 25.7 Å². The lowest BCUT2D eigenvalue weighted by molar-refractivity contribution is -0.161. The zero-order valence-electron chi connectivity index (χ0n) is 64.8. The molecule has 0 fully saturated rings. The van der Waals surface area contributed by atoms with Crippen LogP contribution in [0.15, 0.2) is 0 Å². The monoisotopic (exact) mass is 1450 g/mol. The number of phosphoric acid groups is 2. The Morgan fingerprint density at radius 3 is 0.687 bits per heavy atom. The van der Waals surface area contributed by atoms with E-state index in [4.69, 9.17) is 37.0 Å². The molecule has 588 valence electrons. The zero-order valence-corrected chi connectivity index (χ0v) is 66.6. The smallest absolute Gasteiger partial charge is 0.462 e. The highest BCUT2D eigenvalue weighted by Crippen LogP contribution is 2.45. The maximum Gasteiger partial charge on any atom is 0.472 e. The number of hydrogen-bond donors (Lipinski definition) is 3. The molecule has 0 aromatic carbocycles. The molecule has 0 aromatic rings. The second kappa shape index (κ2) is 71.7. The highest BCUT2D eigenvalue weighted by molar-refractivity contribution is 7.47. The van der Waals surface area contributed by atoms with E-state index in [1.54, 1.807) is 0 Å². The average molecular weight is 1450 g/mol. The molecule has 0 saturated carbocycles. The van der Waals surface area contributed by atoms with Crippen molar-refractivity contribution in [2.75, 3.05) is 39.6 Å². The highest BCUT2D eigenvalue weighted by atomic mass is 31.2. The second-order valence-corrected chi connectivity index (χ2v) is 32.7. The predicted octanol–water partition coefficient (Wildman–Crippen LogP) is 23.9. The van der Waals surface area contributed by atoms with Gasteiger partial charge in [-0.2, -0.15) is 0 Å². The molecule has 0 aliphatic rings. The number of ether oxygens (including phenoxy) is 4. The highest BCUT2D eigenvalue weighted by Gasteiger charge is 2.30. The fourth-order valence-corrected chi connectivity index (χ4v) is 13.9. The third-order valence-corrected chi connectivity index (χ3v) is 20.6. The Balaban J connectivity index is 5.22. The van der Waals surface area contributed by atoms with Crippen molar-refractivity contribution in [3.8, 4) is 0 Å². The van der Waals surface area contributed by atoms with Gasteiger partial charge in [-0.1, -0.05) is 369 Å². The Morgan fingerprint density at radius 1 is 0.273 bits per heavy atom. The molecule has 19 heteroatoms. The van der Waals surface area contributed by atoms with E-state index in [-0.39, 0.29) is 25.7 Å². The van der Waals surface area contributed by atoms with E-state index < -0.39 is 97.5 Å². The summed E-state index contributed by atoms with van der Waals surface area (Å²) in [5.74, 6) is -0.668. The number of aliphatic hydroxyl groups excluding tert-OH is 1. The molecule has 0 heterocycles. The lowest BCUT2D eigenvalue weighted by Gasteiger charge is -2.21. The standard InChI is InChI=1S/C80H156O17P2/c1-7-9-11-13-15-17-19-21-23-25-26-27-28-30-32-36-40-44-52-58-64-79(84)96-75(68-90-77(82)62-56-50-43-39-35-31-29-24-22-20-18-16-14-12-10-8-2)70-94-98(86,87)92-66-74(81)67-93-99(88,89)95-71-76(69-91-78(83)63-57-51-47-46-49-55-61-73(5)6)97-80(85)65-59-53-45-41-37-33-34-38-42-48-54-60-72(3)4/h72-76,81H,7-71H2,1-6H3,(H,86,87)(H,88,89)/t74-,75-,76-/m1/s1. The molecule has 0 bridgehead atoms. The van der Waals surface area contributed by atoms with Gasteiger partial charge in [0.2, 0.25) is 0 Å². The Bertz CT molecular complexity index is 1910. The fourth-order valence-electron chi connectivity index (χ4n) is 12.4. The first-order valence-corrected chi connectivity index (χ1v) is 44.5. The number of rotatable bonds is 79. The van der Waals surface area contributed by atoms with Gasteiger partial charge in [-0.05, 0) is 37.5 Å². The van der Waals surface area contributed by atoms with Crippen LogP contribution in [0.4, 0.5) is 0 Å². The summed E-state index contributed by atoms with van der Waals surface area (Å²) in [6.45, 7) is 9.54. The van der Waals surface area contributed by atoms with E-state index in [9.17, 15) is 43.2 Å². The quantitative estimate of drug-likeness (QED) is 0.0222. The molecule has 0 aliphatic carbocycles. The fraction of sp³-hybridized carbons (Fsp3) is 0.950.